The van der Waals surface area contributed by atoms with Gasteiger partial charge in [0.2, 0.25) is 0 Å². The number of carbonyl (C=O) groups is 1. The number of nitrogens with zero attached hydrogens (tertiary/aromatic N) is 3. The Balaban J connectivity index is 1.32. The van der Waals surface area contributed by atoms with Gasteiger partial charge in [0, 0.05) is 40.6 Å². The Labute approximate surface area is 281 Å². The van der Waals surface area contributed by atoms with E-state index in [2.05, 4.69) is 20.8 Å². The fraction of sp³-hybridized carbons (Fsp3) is 0.222. The molecule has 0 spiro atoms. The largest absolute Gasteiger partial charge is 0.326 e. The molecule has 1 atom stereocenters. The number of aromatic nitrogens is 2. The second-order valence-electron chi connectivity index (χ2n) is 12.9. The molecule has 0 aliphatic carbocycles. The molecule has 12 heteroatoms. The van der Waals surface area contributed by atoms with Gasteiger partial charge in [-0.15, -0.1) is 0 Å². The normalized spacial score (nSPS) is 15.0. The van der Waals surface area contributed by atoms with E-state index in [1.165, 1.54) is 6.07 Å². The maximum absolute atomic E-state index is 14.9. The summed E-state index contributed by atoms with van der Waals surface area (Å²) in [5.41, 5.74) is 4.08. The van der Waals surface area contributed by atoms with Crippen LogP contribution in [0.15, 0.2) is 102 Å². The molecule has 1 amide bonds. The Hall–Kier alpha value is -4.68. The molecule has 4 aromatic carbocycles. The van der Waals surface area contributed by atoms with Crippen molar-refractivity contribution in [2.24, 2.45) is 5.41 Å². The molecule has 1 aliphatic heterocycles. The minimum atomic E-state index is -4.03. The number of carbonyl (C=O) groups excluding carboxylic acids is 1. The summed E-state index contributed by atoms with van der Waals surface area (Å²) < 4.78 is 71.2. The highest BCUT2D eigenvalue weighted by Crippen LogP contribution is 2.30. The third-order valence-corrected chi connectivity index (χ3v) is 10.7. The Bertz CT molecular complexity index is 2140. The van der Waals surface area contributed by atoms with Gasteiger partial charge in [-0.3, -0.25) is 9.00 Å². The Morgan fingerprint density at radius 1 is 0.896 bits per heavy atom. The van der Waals surface area contributed by atoms with E-state index in [9.17, 15) is 26.2 Å². The zero-order valence-corrected chi connectivity index (χ0v) is 28.2. The van der Waals surface area contributed by atoms with Crippen LogP contribution in [0.2, 0.25) is 0 Å². The lowest BCUT2D eigenvalue weighted by molar-refractivity contribution is -0.117. The van der Waals surface area contributed by atoms with Crippen LogP contribution in [0.4, 0.5) is 14.5 Å². The molecule has 0 saturated carbocycles. The van der Waals surface area contributed by atoms with E-state index in [1.54, 1.807) is 35.0 Å². The highest BCUT2D eigenvalue weighted by Gasteiger charge is 2.34. The van der Waals surface area contributed by atoms with Crippen molar-refractivity contribution < 1.29 is 26.2 Å². The first-order valence-corrected chi connectivity index (χ1v) is 18.1. The maximum Gasteiger partial charge on any atom is 0.326 e. The second kappa shape index (κ2) is 13.1. The molecule has 1 aliphatic rings. The van der Waals surface area contributed by atoms with Crippen LogP contribution in [0.1, 0.15) is 38.6 Å². The Morgan fingerprint density at radius 2 is 1.62 bits per heavy atom. The van der Waals surface area contributed by atoms with Crippen molar-refractivity contribution in [3.05, 3.63) is 120 Å². The van der Waals surface area contributed by atoms with Crippen LogP contribution < -0.4 is 9.03 Å². The minimum absolute atomic E-state index is 0.0982. The molecule has 1 aromatic heterocycles. The lowest BCUT2D eigenvalue weighted by Gasteiger charge is -2.17. The van der Waals surface area contributed by atoms with E-state index in [1.807, 2.05) is 53.3 Å². The van der Waals surface area contributed by atoms with Gasteiger partial charge in [0.1, 0.15) is 24.0 Å². The van der Waals surface area contributed by atoms with Gasteiger partial charge in [-0.05, 0) is 71.0 Å². The molecule has 5 aromatic rings. The number of amides is 1. The van der Waals surface area contributed by atoms with Gasteiger partial charge < -0.3 is 4.57 Å². The van der Waals surface area contributed by atoms with Crippen molar-refractivity contribution in [3.8, 4) is 28.1 Å². The molecule has 6 rings (SSSR count). The van der Waals surface area contributed by atoms with Crippen molar-refractivity contribution in [2.75, 3.05) is 16.6 Å². The van der Waals surface area contributed by atoms with E-state index in [-0.39, 0.29) is 28.9 Å². The number of anilines is 1. The predicted octanol–water partition coefficient (Wildman–Crippen LogP) is 6.80. The van der Waals surface area contributed by atoms with Crippen molar-refractivity contribution in [1.82, 2.24) is 14.3 Å². The van der Waals surface area contributed by atoms with Gasteiger partial charge in [-0.2, -0.15) is 8.42 Å². The number of hydrogen-bond donors (Lipinski definition) is 1. The summed E-state index contributed by atoms with van der Waals surface area (Å²) in [6.45, 7) is 6.05. The molecule has 48 heavy (non-hydrogen) atoms. The van der Waals surface area contributed by atoms with Gasteiger partial charge in [0.25, 0.3) is 5.91 Å². The zero-order valence-electron chi connectivity index (χ0n) is 26.6. The summed E-state index contributed by atoms with van der Waals surface area (Å²) >= 11 is 0. The SMILES string of the molecule is CC(C)(C)CCS(=O)c1cccc(-c2ccc(Cc3nc(-c4ccc(F)cc4F)cn3-c3cccc(N4CC(=O)NS4(=O)=O)c3)cc2)c1. The molecule has 1 saturated heterocycles. The van der Waals surface area contributed by atoms with Gasteiger partial charge in [-0.1, -0.05) is 63.2 Å². The first kappa shape index (κ1) is 33.2. The van der Waals surface area contributed by atoms with E-state index >= 15 is 0 Å². The third-order valence-electron chi connectivity index (χ3n) is 7.99. The Morgan fingerprint density at radius 3 is 2.31 bits per heavy atom. The monoisotopic (exact) mass is 688 g/mol. The molecule has 0 radical (unpaired) electrons. The molecular formula is C36H34F2N4O4S2. The third kappa shape index (κ3) is 7.39. The fourth-order valence-electron chi connectivity index (χ4n) is 5.40. The molecule has 0 bridgehead atoms. The summed E-state index contributed by atoms with van der Waals surface area (Å²) in [6.07, 6.45) is 2.79. The van der Waals surface area contributed by atoms with E-state index in [0.717, 1.165) is 44.4 Å². The van der Waals surface area contributed by atoms with Crippen LogP contribution in [0.25, 0.3) is 28.1 Å². The van der Waals surface area contributed by atoms with Crippen LogP contribution in [0.3, 0.4) is 0 Å². The van der Waals surface area contributed by atoms with E-state index < -0.39 is 38.6 Å². The lowest BCUT2D eigenvalue weighted by Crippen LogP contribution is -2.29. The van der Waals surface area contributed by atoms with Gasteiger partial charge in [0.05, 0.1) is 22.2 Å². The molecule has 1 fully saturated rings. The smallest absolute Gasteiger partial charge is 0.303 e. The quantitative estimate of drug-likeness (QED) is 0.184. The average molecular weight is 689 g/mol. The highest BCUT2D eigenvalue weighted by molar-refractivity contribution is 7.92. The van der Waals surface area contributed by atoms with Crippen molar-refractivity contribution in [3.63, 3.8) is 0 Å². The van der Waals surface area contributed by atoms with E-state index in [4.69, 9.17) is 4.98 Å². The molecule has 1 N–H and O–H groups in total. The van der Waals surface area contributed by atoms with Crippen molar-refractivity contribution in [1.29, 1.82) is 0 Å². The summed E-state index contributed by atoms with van der Waals surface area (Å²) in [5, 5.41) is 0. The number of benzene rings is 4. The van der Waals surface area contributed by atoms with Crippen LogP contribution in [0, 0.1) is 17.0 Å². The molecule has 248 valence electrons. The van der Waals surface area contributed by atoms with Gasteiger partial charge in [-0.25, -0.2) is 22.8 Å². The molecule has 1 unspecified atom stereocenters. The first-order chi connectivity index (χ1) is 22.8. The summed E-state index contributed by atoms with van der Waals surface area (Å²) in [6, 6.07) is 25.5. The van der Waals surface area contributed by atoms with Crippen molar-refractivity contribution in [2.45, 2.75) is 38.5 Å². The van der Waals surface area contributed by atoms with Gasteiger partial charge >= 0.3 is 10.2 Å². The van der Waals surface area contributed by atoms with Crippen molar-refractivity contribution >= 4 is 32.6 Å². The Kier molecular flexibility index (Phi) is 9.06. The minimum Gasteiger partial charge on any atom is -0.303 e. The number of nitrogens with one attached hydrogen (secondary N) is 1. The zero-order chi connectivity index (χ0) is 34.2. The standard InChI is InChI=1S/C36H34F2N4O4S2/c1-36(2,3)16-17-47(44)30-9-4-6-26(19-30)25-12-10-24(11-13-25)18-34-39-33(31-15-14-27(37)20-32(31)38)22-41(34)28-7-5-8-29(21-28)42-23-35(43)40-48(42,45)46/h4-15,19-22H,16-18,23H2,1-3H3,(H,40,43). The number of halogens is 2. The summed E-state index contributed by atoms with van der Waals surface area (Å²) in [7, 11) is -5.14. The van der Waals surface area contributed by atoms with Crippen LogP contribution >= 0.6 is 0 Å². The van der Waals surface area contributed by atoms with Gasteiger partial charge in [0.15, 0.2) is 0 Å². The van der Waals surface area contributed by atoms with Crippen LogP contribution in [0.5, 0.6) is 0 Å². The highest BCUT2D eigenvalue weighted by atomic mass is 32.2. The summed E-state index contributed by atoms with van der Waals surface area (Å²) in [5.74, 6) is -0.997. The number of rotatable bonds is 9. The topological polar surface area (TPSA) is 101 Å². The molecule has 8 nitrogen and oxygen atoms in total. The lowest BCUT2D eigenvalue weighted by atomic mass is 9.94. The second-order valence-corrected chi connectivity index (χ2v) is 16.0. The number of hydrogen-bond acceptors (Lipinski definition) is 5. The van der Waals surface area contributed by atoms with E-state index in [0.29, 0.717) is 23.7 Å². The molecular weight excluding hydrogens is 655 g/mol. The summed E-state index contributed by atoms with van der Waals surface area (Å²) in [4.78, 5) is 17.4. The average Bonchev–Trinajstić information content (AvgIpc) is 3.58. The molecule has 2 heterocycles. The van der Waals surface area contributed by atoms with Crippen LogP contribution in [-0.4, -0.2) is 40.4 Å². The predicted molar refractivity (Wildman–Crippen MR) is 183 cm³/mol. The number of imidazole rings is 1. The first-order valence-electron chi connectivity index (χ1n) is 15.3. The van der Waals surface area contributed by atoms with Crippen LogP contribution in [-0.2, 0) is 32.2 Å². The fourth-order valence-corrected chi connectivity index (χ4v) is 8.06. The maximum atomic E-state index is 14.9.